The molecule has 10 aromatic carbocycles. The highest BCUT2D eigenvalue weighted by atomic mass is 16.6. The number of benzene rings is 10. The maximum atomic E-state index is 7.35. The van der Waals surface area contributed by atoms with Gasteiger partial charge in [-0.3, -0.25) is 0 Å². The molecule has 0 amide bonds. The van der Waals surface area contributed by atoms with Crippen molar-refractivity contribution in [3.8, 4) is 46.0 Å². The van der Waals surface area contributed by atoms with Crippen molar-refractivity contribution in [2.75, 3.05) is 9.80 Å². The number of para-hydroxylation sites is 4. The second kappa shape index (κ2) is 18.5. The lowest BCUT2D eigenvalue weighted by Gasteiger charge is -2.41. The summed E-state index contributed by atoms with van der Waals surface area (Å²) in [5.74, 6) is 4.98. The van der Waals surface area contributed by atoms with Gasteiger partial charge in [-0.25, -0.2) is 0 Å². The van der Waals surface area contributed by atoms with Gasteiger partial charge in [0.25, 0.3) is 0 Å². The molecule has 0 bridgehead atoms. The van der Waals surface area contributed by atoms with Crippen LogP contribution in [0.5, 0.6) is 46.0 Å². The van der Waals surface area contributed by atoms with Gasteiger partial charge in [0.2, 0.25) is 0 Å². The Morgan fingerprint density at radius 1 is 0.286 bits per heavy atom. The van der Waals surface area contributed by atoms with Crippen LogP contribution in [-0.4, -0.2) is 0 Å². The monoisotopic (exact) mass is 1000 g/mol. The van der Waals surface area contributed by atoms with Gasteiger partial charge in [-0.2, -0.15) is 0 Å². The molecular formula is C71H58N2O4. The van der Waals surface area contributed by atoms with Crippen molar-refractivity contribution in [3.63, 3.8) is 0 Å². The van der Waals surface area contributed by atoms with E-state index >= 15 is 0 Å². The fourth-order valence-electron chi connectivity index (χ4n) is 11.4. The molecule has 0 fully saturated rings. The molecule has 6 heteroatoms. The summed E-state index contributed by atoms with van der Waals surface area (Å²) < 4.78 is 29.2. The van der Waals surface area contributed by atoms with Crippen molar-refractivity contribution >= 4 is 46.3 Å². The smallest absolute Gasteiger partial charge is 0.194 e. The van der Waals surface area contributed by atoms with Crippen molar-refractivity contribution in [3.05, 3.63) is 272 Å². The third-order valence-electron chi connectivity index (χ3n) is 16.2. The molecule has 6 nitrogen and oxygen atoms in total. The summed E-state index contributed by atoms with van der Waals surface area (Å²) in [7, 11) is 0. The molecule has 0 radical (unpaired) electrons. The zero-order valence-corrected chi connectivity index (χ0v) is 44.7. The van der Waals surface area contributed by atoms with E-state index in [1.807, 2.05) is 48.5 Å². The first-order chi connectivity index (χ1) is 37.5. The number of fused-ring (bicyclic) bond motifs is 8. The standard InChI is InChI=1S/C71H58N2O4/c1-43-27-31-53(37-47(43)5)72(54-32-28-44(2)48(6)38-54)61-41-59-57(67-69(61)76-65-25-17-15-23-63(65)74-67)35-36-58-60(71(59,51-19-11-9-12-20-51)52-21-13-10-14-22-52)42-62(70-68(58)75-64-24-16-18-26-66(64)77-70)73(55-33-29-45(3)49(7)39-55)56-34-30-46(4)50(8)40-56/h9-42H,1-8H3. The Morgan fingerprint density at radius 3 is 0.870 bits per heavy atom. The lowest BCUT2D eigenvalue weighted by molar-refractivity contribution is 0.358. The number of hydrogen-bond acceptors (Lipinski definition) is 6. The molecule has 13 rings (SSSR count). The molecule has 0 spiro atoms. The van der Waals surface area contributed by atoms with Crippen LogP contribution in [0.2, 0.25) is 0 Å². The maximum Gasteiger partial charge on any atom is 0.194 e. The Labute approximate surface area is 451 Å². The van der Waals surface area contributed by atoms with Gasteiger partial charge in [0, 0.05) is 33.9 Å². The van der Waals surface area contributed by atoms with Gasteiger partial charge >= 0.3 is 0 Å². The summed E-state index contributed by atoms with van der Waals surface area (Å²) in [6, 6.07) is 69.3. The van der Waals surface area contributed by atoms with Crippen LogP contribution in [0.25, 0.3) is 12.2 Å². The Kier molecular flexibility index (Phi) is 11.4. The summed E-state index contributed by atoms with van der Waals surface area (Å²) in [6.45, 7) is 17.4. The molecule has 0 N–H and O–H groups in total. The third kappa shape index (κ3) is 7.77. The first-order valence-electron chi connectivity index (χ1n) is 26.5. The molecule has 0 saturated heterocycles. The predicted octanol–water partition coefficient (Wildman–Crippen LogP) is 19.8. The summed E-state index contributed by atoms with van der Waals surface area (Å²) in [5, 5.41) is 0. The first-order valence-corrected chi connectivity index (χ1v) is 26.5. The molecule has 2 heterocycles. The summed E-state index contributed by atoms with van der Waals surface area (Å²) >= 11 is 0. The van der Waals surface area contributed by atoms with Crippen LogP contribution >= 0.6 is 0 Å². The zero-order chi connectivity index (χ0) is 52.7. The van der Waals surface area contributed by atoms with Gasteiger partial charge < -0.3 is 28.7 Å². The quantitative estimate of drug-likeness (QED) is 0.151. The van der Waals surface area contributed by atoms with E-state index in [-0.39, 0.29) is 0 Å². The Bertz CT molecular complexity index is 3680. The van der Waals surface area contributed by atoms with Crippen molar-refractivity contribution in [2.45, 2.75) is 60.8 Å². The number of aryl methyl sites for hydroxylation is 8. The highest BCUT2D eigenvalue weighted by Crippen LogP contribution is 2.64. The molecule has 0 atom stereocenters. The lowest BCUT2D eigenvalue weighted by atomic mass is 9.63. The van der Waals surface area contributed by atoms with Crippen molar-refractivity contribution in [1.82, 2.24) is 0 Å². The topological polar surface area (TPSA) is 43.4 Å². The van der Waals surface area contributed by atoms with Gasteiger partial charge in [-0.05, 0) is 207 Å². The van der Waals surface area contributed by atoms with Gasteiger partial charge in [-0.1, -0.05) is 121 Å². The van der Waals surface area contributed by atoms with Crippen LogP contribution in [0.1, 0.15) is 77.9 Å². The molecule has 3 aliphatic rings. The Morgan fingerprint density at radius 2 is 0.571 bits per heavy atom. The average molecular weight is 1000 g/mol. The van der Waals surface area contributed by atoms with E-state index in [0.29, 0.717) is 46.0 Å². The van der Waals surface area contributed by atoms with Crippen LogP contribution in [0.4, 0.5) is 34.1 Å². The van der Waals surface area contributed by atoms with E-state index in [2.05, 4.69) is 223 Å². The summed E-state index contributed by atoms with van der Waals surface area (Å²) in [5.41, 5.74) is 20.0. The predicted molar refractivity (Wildman–Crippen MR) is 314 cm³/mol. The number of nitrogens with zero attached hydrogens (tertiary/aromatic N) is 2. The van der Waals surface area contributed by atoms with Gasteiger partial charge in [0.15, 0.2) is 46.0 Å². The van der Waals surface area contributed by atoms with Crippen molar-refractivity contribution in [1.29, 1.82) is 0 Å². The summed E-state index contributed by atoms with van der Waals surface area (Å²) in [4.78, 5) is 4.69. The molecule has 2 aliphatic heterocycles. The van der Waals surface area contributed by atoms with E-state index in [1.165, 1.54) is 44.5 Å². The number of anilines is 6. The van der Waals surface area contributed by atoms with E-state index in [9.17, 15) is 0 Å². The molecular weight excluding hydrogens is 945 g/mol. The van der Waals surface area contributed by atoms with Crippen LogP contribution in [0.15, 0.2) is 194 Å². The molecule has 0 unspecified atom stereocenters. The Balaban J connectivity index is 1.21. The number of hydrogen-bond donors (Lipinski definition) is 0. The largest absolute Gasteiger partial charge is 0.449 e. The van der Waals surface area contributed by atoms with Crippen molar-refractivity contribution in [2.24, 2.45) is 0 Å². The van der Waals surface area contributed by atoms with Crippen LogP contribution in [0.3, 0.4) is 0 Å². The Hall–Kier alpha value is -9.26. The minimum Gasteiger partial charge on any atom is -0.449 e. The first kappa shape index (κ1) is 47.5. The second-order valence-electron chi connectivity index (χ2n) is 20.9. The van der Waals surface area contributed by atoms with Crippen LogP contribution in [0, 0.1) is 55.4 Å². The van der Waals surface area contributed by atoms with Gasteiger partial charge in [0.1, 0.15) is 0 Å². The van der Waals surface area contributed by atoms with Crippen LogP contribution in [-0.2, 0) is 5.41 Å². The summed E-state index contributed by atoms with van der Waals surface area (Å²) in [6.07, 6.45) is 4.40. The average Bonchev–Trinajstić information content (AvgIpc) is 3.93. The minimum absolute atomic E-state index is 0.608. The highest BCUT2D eigenvalue weighted by Gasteiger charge is 2.48. The number of ether oxygens (including phenoxy) is 4. The molecule has 376 valence electrons. The van der Waals surface area contributed by atoms with E-state index in [4.69, 9.17) is 18.9 Å². The number of rotatable bonds is 8. The van der Waals surface area contributed by atoms with Gasteiger partial charge in [0.05, 0.1) is 16.8 Å². The minimum atomic E-state index is -1.07. The lowest BCUT2D eigenvalue weighted by Crippen LogP contribution is -2.33. The highest BCUT2D eigenvalue weighted by molar-refractivity contribution is 5.96. The normalized spacial score (nSPS) is 13.1. The fourth-order valence-corrected chi connectivity index (χ4v) is 11.4. The van der Waals surface area contributed by atoms with E-state index in [0.717, 1.165) is 67.5 Å². The molecule has 1 aliphatic carbocycles. The molecule has 77 heavy (non-hydrogen) atoms. The van der Waals surface area contributed by atoms with E-state index < -0.39 is 5.41 Å². The van der Waals surface area contributed by atoms with E-state index in [1.54, 1.807) is 0 Å². The van der Waals surface area contributed by atoms with Gasteiger partial charge in [-0.15, -0.1) is 0 Å². The molecule has 0 saturated carbocycles. The van der Waals surface area contributed by atoms with Crippen molar-refractivity contribution < 1.29 is 18.9 Å². The SMILES string of the molecule is Cc1ccc(N(c2ccc(C)c(C)c2)c2cc3c(c4c2Oc2ccccc2O4)C=Cc2c(cc(N(c4ccc(C)c(C)c4)c4ccc(C)c(C)c4)c4c2Oc2ccccc2O4)C3(c2ccccc2)c2ccccc2)cc1C. The van der Waals surface area contributed by atoms with Crippen LogP contribution < -0.4 is 28.7 Å². The second-order valence-corrected chi connectivity index (χ2v) is 20.9. The molecule has 0 aromatic heterocycles. The zero-order valence-electron chi connectivity index (χ0n) is 44.7. The maximum absolute atomic E-state index is 7.35. The molecule has 10 aromatic rings. The third-order valence-corrected chi connectivity index (χ3v) is 16.2. The fraction of sp³-hybridized carbons (Fsp3) is 0.127.